The van der Waals surface area contributed by atoms with E-state index in [1.807, 2.05) is 0 Å². The maximum atomic E-state index is 5.97. The molecule has 4 atom stereocenters. The molecule has 13 heavy (non-hydrogen) atoms. The van der Waals surface area contributed by atoms with E-state index in [0.29, 0.717) is 11.1 Å². The highest BCUT2D eigenvalue weighted by Crippen LogP contribution is 2.33. The van der Waals surface area contributed by atoms with Crippen molar-refractivity contribution in [2.75, 3.05) is 0 Å². The molecule has 0 aliphatic heterocycles. The number of hydrogen-bond donors (Lipinski definition) is 1. The molecule has 2 radical (unpaired) electrons. The van der Waals surface area contributed by atoms with Gasteiger partial charge in [-0.2, -0.15) is 12.6 Å². The quantitative estimate of drug-likeness (QED) is 0.481. The summed E-state index contributed by atoms with van der Waals surface area (Å²) in [6, 6.07) is 0. The van der Waals surface area contributed by atoms with Crippen LogP contribution in [0.4, 0.5) is 0 Å². The van der Waals surface area contributed by atoms with Crippen LogP contribution in [-0.4, -0.2) is 13.1 Å². The van der Waals surface area contributed by atoms with Gasteiger partial charge in [-0.25, -0.2) is 0 Å². The molecule has 74 valence electrons. The van der Waals surface area contributed by atoms with Crippen LogP contribution in [0.2, 0.25) is 5.82 Å². The maximum Gasteiger partial charge on any atom is 0.0699 e. The Morgan fingerprint density at radius 2 is 2.00 bits per heavy atom. The molecule has 0 spiro atoms. The van der Waals surface area contributed by atoms with Crippen LogP contribution >= 0.6 is 12.6 Å². The molecule has 0 aromatic carbocycles. The Morgan fingerprint density at radius 1 is 1.31 bits per heavy atom. The van der Waals surface area contributed by atoms with Gasteiger partial charge in [0, 0.05) is 5.25 Å². The van der Waals surface area contributed by atoms with E-state index >= 15 is 0 Å². The number of thiol groups is 1. The van der Waals surface area contributed by atoms with E-state index in [0.717, 1.165) is 11.8 Å². The molecule has 0 N–H and O–H groups in total. The summed E-state index contributed by atoms with van der Waals surface area (Å²) in [5.41, 5.74) is 0. The summed E-state index contributed by atoms with van der Waals surface area (Å²) in [4.78, 5) is 0. The van der Waals surface area contributed by atoms with Crippen molar-refractivity contribution >= 4 is 20.5 Å². The smallest absolute Gasteiger partial charge is 0.0699 e. The predicted octanol–water partition coefficient (Wildman–Crippen LogP) is 3.48. The Balaban J connectivity index is 2.44. The summed E-state index contributed by atoms with van der Waals surface area (Å²) in [7, 11) is 5.97. The predicted molar refractivity (Wildman–Crippen MR) is 63.7 cm³/mol. The molecule has 0 aromatic rings. The van der Waals surface area contributed by atoms with Crippen LogP contribution in [0.25, 0.3) is 0 Å². The van der Waals surface area contributed by atoms with Crippen LogP contribution in [0, 0.1) is 11.8 Å². The Kier molecular flexibility index (Phi) is 4.71. The third-order valence-electron chi connectivity index (χ3n) is 3.24. The molecular weight excluding hydrogens is 175 g/mol. The van der Waals surface area contributed by atoms with Crippen molar-refractivity contribution in [1.82, 2.24) is 0 Å². The fourth-order valence-electron chi connectivity index (χ4n) is 2.41. The monoisotopic (exact) mass is 196 g/mol. The zero-order chi connectivity index (χ0) is 9.84. The van der Waals surface area contributed by atoms with Gasteiger partial charge >= 0.3 is 0 Å². The van der Waals surface area contributed by atoms with E-state index < -0.39 is 0 Å². The average molecular weight is 196 g/mol. The Hall–Kier alpha value is 0.415. The van der Waals surface area contributed by atoms with Gasteiger partial charge in [0.15, 0.2) is 0 Å². The average Bonchev–Trinajstić information content (AvgIpc) is 1.98. The van der Waals surface area contributed by atoms with Gasteiger partial charge in [-0.1, -0.05) is 32.5 Å². The molecule has 0 bridgehead atoms. The van der Waals surface area contributed by atoms with E-state index in [4.69, 9.17) is 7.85 Å². The van der Waals surface area contributed by atoms with E-state index in [-0.39, 0.29) is 0 Å². The van der Waals surface area contributed by atoms with Crippen LogP contribution in [0.3, 0.4) is 0 Å². The van der Waals surface area contributed by atoms with E-state index in [9.17, 15) is 0 Å². The Bertz CT molecular complexity index is 147. The number of hydrogen-bond acceptors (Lipinski definition) is 1. The van der Waals surface area contributed by atoms with Gasteiger partial charge in [0.2, 0.25) is 0 Å². The topological polar surface area (TPSA) is 0 Å². The summed E-state index contributed by atoms with van der Waals surface area (Å²) in [5, 5.41) is 0.629. The normalized spacial score (nSPS) is 39.2. The van der Waals surface area contributed by atoms with Gasteiger partial charge < -0.3 is 0 Å². The summed E-state index contributed by atoms with van der Waals surface area (Å²) < 4.78 is 0. The lowest BCUT2D eigenvalue weighted by Gasteiger charge is -2.29. The second kappa shape index (κ2) is 5.33. The highest BCUT2D eigenvalue weighted by Gasteiger charge is 2.21. The lowest BCUT2D eigenvalue weighted by Crippen LogP contribution is -2.18. The third-order valence-corrected chi connectivity index (χ3v) is 3.70. The van der Waals surface area contributed by atoms with Crippen molar-refractivity contribution in [3.05, 3.63) is 0 Å². The molecule has 1 aliphatic carbocycles. The van der Waals surface area contributed by atoms with Gasteiger partial charge in [0.25, 0.3) is 0 Å². The van der Waals surface area contributed by atoms with Crippen LogP contribution in [0.5, 0.6) is 0 Å². The first-order chi connectivity index (χ1) is 6.09. The van der Waals surface area contributed by atoms with Crippen molar-refractivity contribution in [2.24, 2.45) is 11.8 Å². The van der Waals surface area contributed by atoms with Crippen molar-refractivity contribution in [1.29, 1.82) is 0 Å². The molecule has 0 aromatic heterocycles. The zero-order valence-electron chi connectivity index (χ0n) is 8.87. The first-order valence-electron chi connectivity index (χ1n) is 5.53. The molecule has 1 saturated carbocycles. The minimum Gasteiger partial charge on any atom is -0.176 e. The minimum atomic E-state index is 0.374. The van der Waals surface area contributed by atoms with Gasteiger partial charge in [-0.05, 0) is 31.1 Å². The molecule has 1 rings (SSSR count). The van der Waals surface area contributed by atoms with E-state index in [1.54, 1.807) is 0 Å². The van der Waals surface area contributed by atoms with E-state index in [1.165, 1.54) is 32.1 Å². The number of rotatable bonds is 1. The Labute approximate surface area is 89.7 Å². The molecule has 4 unspecified atom stereocenters. The molecule has 1 aliphatic rings. The van der Waals surface area contributed by atoms with Crippen LogP contribution in [0.1, 0.15) is 46.0 Å². The van der Waals surface area contributed by atoms with Crippen molar-refractivity contribution < 1.29 is 0 Å². The molecule has 0 saturated heterocycles. The van der Waals surface area contributed by atoms with Gasteiger partial charge in [0.05, 0.1) is 7.85 Å². The third kappa shape index (κ3) is 3.97. The summed E-state index contributed by atoms with van der Waals surface area (Å²) >= 11 is 4.59. The minimum absolute atomic E-state index is 0.374. The molecule has 0 nitrogen and oxygen atoms in total. The molecule has 2 heteroatoms. The van der Waals surface area contributed by atoms with Crippen LogP contribution < -0.4 is 0 Å². The first-order valence-corrected chi connectivity index (χ1v) is 6.05. The molecule has 0 heterocycles. The summed E-state index contributed by atoms with van der Waals surface area (Å²) in [6.45, 7) is 4.49. The zero-order valence-corrected chi connectivity index (χ0v) is 9.76. The van der Waals surface area contributed by atoms with E-state index in [2.05, 4.69) is 26.5 Å². The van der Waals surface area contributed by atoms with Crippen LogP contribution in [-0.2, 0) is 0 Å². The highest BCUT2D eigenvalue weighted by molar-refractivity contribution is 7.80. The lowest BCUT2D eigenvalue weighted by molar-refractivity contribution is 0.310. The van der Waals surface area contributed by atoms with Gasteiger partial charge in [-0.15, -0.1) is 0 Å². The molecule has 0 amide bonds. The lowest BCUT2D eigenvalue weighted by atomic mass is 9.71. The summed E-state index contributed by atoms with van der Waals surface area (Å²) in [6.07, 6.45) is 6.46. The second-order valence-electron chi connectivity index (χ2n) is 4.78. The highest BCUT2D eigenvalue weighted by atomic mass is 32.1. The van der Waals surface area contributed by atoms with Gasteiger partial charge in [-0.3, -0.25) is 0 Å². The molecular formula is C11H21BS. The Morgan fingerprint density at radius 3 is 2.62 bits per heavy atom. The second-order valence-corrected chi connectivity index (χ2v) is 5.51. The first kappa shape index (κ1) is 11.5. The van der Waals surface area contributed by atoms with Gasteiger partial charge in [0.1, 0.15) is 0 Å². The SMILES string of the molecule is [B]C(C)C1CCCC(S)CC(C)C1. The van der Waals surface area contributed by atoms with Crippen molar-refractivity contribution in [3.63, 3.8) is 0 Å². The molecule has 1 fully saturated rings. The largest absolute Gasteiger partial charge is 0.176 e. The fraction of sp³-hybridized carbons (Fsp3) is 1.00. The maximum absolute atomic E-state index is 5.97. The van der Waals surface area contributed by atoms with Crippen LogP contribution in [0.15, 0.2) is 0 Å². The van der Waals surface area contributed by atoms with Crippen molar-refractivity contribution in [2.45, 2.75) is 57.0 Å². The standard InChI is InChI=1S/C11H21BS/c1-8-6-10(9(2)12)4-3-5-11(13)7-8/h8-11,13H,3-7H2,1-2H3. The fourth-order valence-corrected chi connectivity index (χ4v) is 2.95. The van der Waals surface area contributed by atoms with Crippen molar-refractivity contribution in [3.8, 4) is 0 Å². The summed E-state index contributed by atoms with van der Waals surface area (Å²) in [5.74, 6) is 1.92.